The van der Waals surface area contributed by atoms with Gasteiger partial charge in [-0.3, -0.25) is 4.79 Å². The maximum absolute atomic E-state index is 12.1. The number of urea groups is 1. The summed E-state index contributed by atoms with van der Waals surface area (Å²) in [5, 5.41) is 23.5. The third kappa shape index (κ3) is 3.04. The van der Waals surface area contributed by atoms with Gasteiger partial charge in [0.2, 0.25) is 5.91 Å². The second-order valence-corrected chi connectivity index (χ2v) is 4.63. The number of rotatable bonds is 2. The molecule has 1 fully saturated rings. The predicted molar refractivity (Wildman–Crippen MR) is 73.3 cm³/mol. The van der Waals surface area contributed by atoms with Gasteiger partial charge in [-0.25, -0.2) is 9.59 Å². The van der Waals surface area contributed by atoms with Crippen LogP contribution in [0.1, 0.15) is 17.3 Å². The Hall–Kier alpha value is -2.77. The van der Waals surface area contributed by atoms with E-state index in [0.29, 0.717) is 13.1 Å². The Kier molecular flexibility index (Phi) is 3.97. The Morgan fingerprint density at radius 2 is 2.14 bits per heavy atom. The summed E-state index contributed by atoms with van der Waals surface area (Å²) < 4.78 is 0. The number of nitrogens with zero attached hydrogens (tertiary/aromatic N) is 1. The number of nitrogens with one attached hydrogen (secondary N) is 2. The second kappa shape index (κ2) is 5.70. The first-order valence-corrected chi connectivity index (χ1v) is 6.32. The van der Waals surface area contributed by atoms with E-state index in [1.54, 1.807) is 6.92 Å². The van der Waals surface area contributed by atoms with Crippen LogP contribution in [0.5, 0.6) is 5.75 Å². The molecule has 8 nitrogen and oxygen atoms in total. The van der Waals surface area contributed by atoms with E-state index in [0.717, 1.165) is 6.07 Å². The van der Waals surface area contributed by atoms with Gasteiger partial charge in [-0.1, -0.05) is 0 Å². The number of carboxylic acid groups (broad SMARTS) is 1. The molecule has 0 aliphatic carbocycles. The van der Waals surface area contributed by atoms with Crippen LogP contribution in [0.15, 0.2) is 18.2 Å². The van der Waals surface area contributed by atoms with Gasteiger partial charge in [0.05, 0.1) is 0 Å². The Labute approximate surface area is 120 Å². The first kappa shape index (κ1) is 14.6. The number of amides is 3. The van der Waals surface area contributed by atoms with Gasteiger partial charge < -0.3 is 25.7 Å². The lowest BCUT2D eigenvalue weighted by Gasteiger charge is -2.32. The van der Waals surface area contributed by atoms with Crippen LogP contribution in [0.4, 0.5) is 10.5 Å². The zero-order valence-corrected chi connectivity index (χ0v) is 11.3. The van der Waals surface area contributed by atoms with Crippen molar-refractivity contribution in [3.8, 4) is 5.75 Å². The highest BCUT2D eigenvalue weighted by Gasteiger charge is 2.29. The summed E-state index contributed by atoms with van der Waals surface area (Å²) in [6.45, 7) is 2.34. The highest BCUT2D eigenvalue weighted by atomic mass is 16.4. The number of carbonyl (C=O) groups is 3. The molecule has 4 N–H and O–H groups in total. The first-order chi connectivity index (χ1) is 9.90. The minimum atomic E-state index is -1.30. The van der Waals surface area contributed by atoms with Crippen molar-refractivity contribution in [1.29, 1.82) is 0 Å². The van der Waals surface area contributed by atoms with E-state index >= 15 is 0 Å². The fourth-order valence-corrected chi connectivity index (χ4v) is 2.04. The Bertz CT molecular complexity index is 601. The molecule has 1 heterocycles. The Morgan fingerprint density at radius 1 is 1.43 bits per heavy atom. The Morgan fingerprint density at radius 3 is 2.81 bits per heavy atom. The van der Waals surface area contributed by atoms with E-state index in [2.05, 4.69) is 10.6 Å². The van der Waals surface area contributed by atoms with Gasteiger partial charge >= 0.3 is 12.0 Å². The van der Waals surface area contributed by atoms with Crippen LogP contribution in [0.3, 0.4) is 0 Å². The zero-order valence-electron chi connectivity index (χ0n) is 11.3. The number of piperazine rings is 1. The molecule has 8 heteroatoms. The molecule has 1 aliphatic rings. The maximum Gasteiger partial charge on any atom is 0.339 e. The van der Waals surface area contributed by atoms with Gasteiger partial charge in [-0.15, -0.1) is 0 Å². The highest BCUT2D eigenvalue weighted by Crippen LogP contribution is 2.22. The molecule has 0 aromatic heterocycles. The normalized spacial score (nSPS) is 18.0. The average molecular weight is 293 g/mol. The molecule has 0 spiro atoms. The van der Waals surface area contributed by atoms with Crippen LogP contribution in [0, 0.1) is 0 Å². The van der Waals surface area contributed by atoms with Crippen molar-refractivity contribution in [3.63, 3.8) is 0 Å². The van der Waals surface area contributed by atoms with Gasteiger partial charge in [-0.05, 0) is 25.1 Å². The molecule has 1 aliphatic heterocycles. The van der Waals surface area contributed by atoms with Gasteiger partial charge in [-0.2, -0.15) is 0 Å². The summed E-state index contributed by atoms with van der Waals surface area (Å²) >= 11 is 0. The molecule has 0 saturated carbocycles. The van der Waals surface area contributed by atoms with Gasteiger partial charge in [0.25, 0.3) is 0 Å². The van der Waals surface area contributed by atoms with E-state index in [1.165, 1.54) is 17.0 Å². The molecule has 1 aromatic rings. The summed E-state index contributed by atoms with van der Waals surface area (Å²) in [7, 11) is 0. The van der Waals surface area contributed by atoms with E-state index in [4.69, 9.17) is 5.11 Å². The van der Waals surface area contributed by atoms with Crippen molar-refractivity contribution >= 4 is 23.6 Å². The van der Waals surface area contributed by atoms with Crippen molar-refractivity contribution in [3.05, 3.63) is 23.8 Å². The van der Waals surface area contributed by atoms with Crippen LogP contribution in [-0.4, -0.2) is 52.2 Å². The van der Waals surface area contributed by atoms with Crippen molar-refractivity contribution in [2.24, 2.45) is 0 Å². The van der Waals surface area contributed by atoms with Crippen molar-refractivity contribution < 1.29 is 24.6 Å². The second-order valence-electron chi connectivity index (χ2n) is 4.63. The molecule has 1 saturated heterocycles. The molecule has 1 unspecified atom stereocenters. The van der Waals surface area contributed by atoms with Gasteiger partial charge in [0, 0.05) is 18.8 Å². The minimum Gasteiger partial charge on any atom is -0.507 e. The molecule has 0 bridgehead atoms. The lowest BCUT2D eigenvalue weighted by Crippen LogP contribution is -2.56. The maximum atomic E-state index is 12.1. The third-order valence-corrected chi connectivity index (χ3v) is 3.24. The van der Waals surface area contributed by atoms with Crippen molar-refractivity contribution in [1.82, 2.24) is 10.2 Å². The van der Waals surface area contributed by atoms with Crippen LogP contribution in [0.2, 0.25) is 0 Å². The molecule has 3 amide bonds. The molecular weight excluding hydrogens is 278 g/mol. The number of benzene rings is 1. The summed E-state index contributed by atoms with van der Waals surface area (Å²) in [6, 6.07) is 2.62. The number of carboxylic acids is 1. The topological polar surface area (TPSA) is 119 Å². The summed E-state index contributed by atoms with van der Waals surface area (Å²) in [5.41, 5.74) is -0.0781. The summed E-state index contributed by atoms with van der Waals surface area (Å²) in [5.74, 6) is -1.92. The lowest BCUT2D eigenvalue weighted by molar-refractivity contribution is -0.126. The third-order valence-electron chi connectivity index (χ3n) is 3.24. The van der Waals surface area contributed by atoms with Crippen LogP contribution in [0.25, 0.3) is 0 Å². The van der Waals surface area contributed by atoms with E-state index in [9.17, 15) is 19.5 Å². The molecule has 1 atom stereocenters. The minimum absolute atomic E-state index is 0.230. The molecular formula is C13H15N3O5. The predicted octanol–water partition coefficient (Wildman–Crippen LogP) is 0.443. The largest absolute Gasteiger partial charge is 0.507 e. The summed E-state index contributed by atoms with van der Waals surface area (Å²) in [6.07, 6.45) is 0. The SMILES string of the molecule is CC1C(=O)NCCN1C(=O)Nc1ccc(O)c(C(=O)O)c1. The number of phenols is 1. The number of hydrogen-bond donors (Lipinski definition) is 4. The number of anilines is 1. The quantitative estimate of drug-likeness (QED) is 0.590. The highest BCUT2D eigenvalue weighted by molar-refractivity contribution is 5.97. The average Bonchev–Trinajstić information content (AvgIpc) is 2.43. The van der Waals surface area contributed by atoms with E-state index in [-0.39, 0.29) is 22.9 Å². The molecule has 21 heavy (non-hydrogen) atoms. The van der Waals surface area contributed by atoms with Crippen LogP contribution >= 0.6 is 0 Å². The number of aromatic hydroxyl groups is 1. The van der Waals surface area contributed by atoms with E-state index < -0.39 is 18.0 Å². The zero-order chi connectivity index (χ0) is 15.6. The van der Waals surface area contributed by atoms with Gasteiger partial charge in [0.15, 0.2) is 0 Å². The standard InChI is InChI=1S/C13H15N3O5/c1-7-11(18)14-4-5-16(7)13(21)15-8-2-3-10(17)9(6-8)12(19)20/h2-3,6-7,17H,4-5H2,1H3,(H,14,18)(H,15,21)(H,19,20). The lowest BCUT2D eigenvalue weighted by atomic mass is 10.1. The van der Waals surface area contributed by atoms with Crippen molar-refractivity contribution in [2.75, 3.05) is 18.4 Å². The molecule has 2 rings (SSSR count). The van der Waals surface area contributed by atoms with E-state index in [1.807, 2.05) is 0 Å². The molecule has 1 aromatic carbocycles. The van der Waals surface area contributed by atoms with Crippen LogP contribution in [-0.2, 0) is 4.79 Å². The number of aromatic carboxylic acids is 1. The summed E-state index contributed by atoms with van der Waals surface area (Å²) in [4.78, 5) is 35.9. The molecule has 0 radical (unpaired) electrons. The molecule has 112 valence electrons. The first-order valence-electron chi connectivity index (χ1n) is 6.32. The number of carbonyl (C=O) groups excluding carboxylic acids is 2. The van der Waals surface area contributed by atoms with Gasteiger partial charge in [0.1, 0.15) is 17.4 Å². The Balaban J connectivity index is 2.14. The van der Waals surface area contributed by atoms with Crippen molar-refractivity contribution in [2.45, 2.75) is 13.0 Å². The fraction of sp³-hybridized carbons (Fsp3) is 0.308. The van der Waals surface area contributed by atoms with Crippen LogP contribution < -0.4 is 10.6 Å². The smallest absolute Gasteiger partial charge is 0.339 e. The monoisotopic (exact) mass is 293 g/mol. The fourth-order valence-electron chi connectivity index (χ4n) is 2.04. The number of hydrogen-bond acceptors (Lipinski definition) is 4.